The summed E-state index contributed by atoms with van der Waals surface area (Å²) in [6.45, 7) is 8.26. The highest BCUT2D eigenvalue weighted by molar-refractivity contribution is 5.88. The van der Waals surface area contributed by atoms with E-state index < -0.39 is 0 Å². The van der Waals surface area contributed by atoms with Crippen LogP contribution in [0.5, 0.6) is 0 Å². The molecule has 0 aliphatic heterocycles. The Morgan fingerprint density at radius 1 is 1.15 bits per heavy atom. The molecule has 0 fully saturated rings. The molecule has 3 rings (SSSR count). The highest BCUT2D eigenvalue weighted by atomic mass is 16.1. The van der Waals surface area contributed by atoms with Gasteiger partial charge in [-0.2, -0.15) is 0 Å². The first-order chi connectivity index (χ1) is 12.5. The summed E-state index contributed by atoms with van der Waals surface area (Å²) in [4.78, 5) is 16.0. The molecule has 26 heavy (non-hydrogen) atoms. The monoisotopic (exact) mass is 348 g/mol. The average molecular weight is 348 g/mol. The normalized spacial score (nSPS) is 12.5. The molecule has 2 aromatic carbocycles. The maximum Gasteiger partial charge on any atom is 0.221 e. The molecule has 0 bridgehead atoms. The van der Waals surface area contributed by atoms with Crippen molar-refractivity contribution in [3.63, 3.8) is 0 Å². The summed E-state index contributed by atoms with van der Waals surface area (Å²) in [5.41, 5.74) is 6.09. The fraction of sp³-hybridized carbons (Fsp3) is 0.348. The van der Waals surface area contributed by atoms with Gasteiger partial charge in [0.1, 0.15) is 0 Å². The second-order valence-electron chi connectivity index (χ2n) is 7.33. The number of benzene rings is 2. The summed E-state index contributed by atoms with van der Waals surface area (Å²) in [6, 6.07) is 15.1. The summed E-state index contributed by atoms with van der Waals surface area (Å²) >= 11 is 0. The minimum absolute atomic E-state index is 0.0366. The molecular formula is C23H28N2O. The van der Waals surface area contributed by atoms with E-state index in [0.717, 1.165) is 6.42 Å². The van der Waals surface area contributed by atoms with E-state index in [1.807, 2.05) is 13.8 Å². The fourth-order valence-electron chi connectivity index (χ4n) is 3.68. The Bertz CT molecular complexity index is 907. The number of aryl methyl sites for hydroxylation is 2. The standard InChI is InChI=1S/C23H28N2O/c1-5-17-9-7-11-19-21(14-24-23(17)19)20(13-22(26)25-15(2)3)18-10-6-8-16(4)12-18/h6-12,14-15,20,24H,5,13H2,1-4H3,(H,25,26)/t20-/m1/s1. The maximum atomic E-state index is 12.6. The van der Waals surface area contributed by atoms with Crippen LogP contribution < -0.4 is 5.32 Å². The number of fused-ring (bicyclic) bond motifs is 1. The van der Waals surface area contributed by atoms with Crippen LogP contribution in [-0.2, 0) is 11.2 Å². The van der Waals surface area contributed by atoms with Gasteiger partial charge in [-0.05, 0) is 43.9 Å². The van der Waals surface area contributed by atoms with Gasteiger partial charge in [0.15, 0.2) is 0 Å². The Balaban J connectivity index is 2.07. The molecular weight excluding hydrogens is 320 g/mol. The van der Waals surface area contributed by atoms with E-state index in [1.165, 1.54) is 33.2 Å². The van der Waals surface area contributed by atoms with E-state index in [4.69, 9.17) is 0 Å². The van der Waals surface area contributed by atoms with Gasteiger partial charge in [-0.25, -0.2) is 0 Å². The molecule has 1 heterocycles. The van der Waals surface area contributed by atoms with Crippen molar-refractivity contribution < 1.29 is 4.79 Å². The molecule has 3 nitrogen and oxygen atoms in total. The lowest BCUT2D eigenvalue weighted by Crippen LogP contribution is -2.31. The first kappa shape index (κ1) is 18.2. The third-order valence-electron chi connectivity index (χ3n) is 4.87. The van der Waals surface area contributed by atoms with Crippen LogP contribution in [0.15, 0.2) is 48.7 Å². The van der Waals surface area contributed by atoms with Crippen LogP contribution in [0.3, 0.4) is 0 Å². The van der Waals surface area contributed by atoms with E-state index in [0.29, 0.717) is 6.42 Å². The number of hydrogen-bond acceptors (Lipinski definition) is 1. The predicted octanol–water partition coefficient (Wildman–Crippen LogP) is 5.09. The number of aromatic nitrogens is 1. The number of amides is 1. The number of aromatic amines is 1. The summed E-state index contributed by atoms with van der Waals surface area (Å²) in [6.07, 6.45) is 3.52. The smallest absolute Gasteiger partial charge is 0.221 e. The van der Waals surface area contributed by atoms with Crippen molar-refractivity contribution in [1.29, 1.82) is 0 Å². The number of para-hydroxylation sites is 1. The first-order valence-corrected chi connectivity index (χ1v) is 9.44. The van der Waals surface area contributed by atoms with Gasteiger partial charge in [-0.1, -0.05) is 55.0 Å². The Labute approximate surface area is 155 Å². The van der Waals surface area contributed by atoms with E-state index in [2.05, 4.69) is 72.8 Å². The number of nitrogens with one attached hydrogen (secondary N) is 2. The van der Waals surface area contributed by atoms with E-state index in [9.17, 15) is 4.79 Å². The zero-order valence-corrected chi connectivity index (χ0v) is 16.1. The fourth-order valence-corrected chi connectivity index (χ4v) is 3.68. The lowest BCUT2D eigenvalue weighted by molar-refractivity contribution is -0.121. The minimum Gasteiger partial charge on any atom is -0.361 e. The number of carbonyl (C=O) groups is 1. The maximum absolute atomic E-state index is 12.6. The van der Waals surface area contributed by atoms with Gasteiger partial charge in [0.05, 0.1) is 0 Å². The largest absolute Gasteiger partial charge is 0.361 e. The highest BCUT2D eigenvalue weighted by Gasteiger charge is 2.22. The quantitative estimate of drug-likeness (QED) is 0.640. The number of rotatable bonds is 6. The van der Waals surface area contributed by atoms with Crippen molar-refractivity contribution in [3.8, 4) is 0 Å². The van der Waals surface area contributed by atoms with Crippen LogP contribution in [0.25, 0.3) is 10.9 Å². The summed E-state index contributed by atoms with van der Waals surface area (Å²) in [7, 11) is 0. The Morgan fingerprint density at radius 3 is 2.62 bits per heavy atom. The number of hydrogen-bond donors (Lipinski definition) is 2. The predicted molar refractivity (Wildman–Crippen MR) is 109 cm³/mol. The molecule has 1 atom stereocenters. The van der Waals surface area contributed by atoms with E-state index in [1.54, 1.807) is 0 Å². The molecule has 0 spiro atoms. The SMILES string of the molecule is CCc1cccc2c([C@H](CC(=O)NC(C)C)c3cccc(C)c3)c[nH]c12. The summed E-state index contributed by atoms with van der Waals surface area (Å²) in [5, 5.41) is 4.26. The molecule has 0 saturated heterocycles. The average Bonchev–Trinajstić information content (AvgIpc) is 3.03. The van der Waals surface area contributed by atoms with Crippen LogP contribution in [0.1, 0.15) is 55.4 Å². The Hall–Kier alpha value is -2.55. The van der Waals surface area contributed by atoms with Crippen molar-refractivity contribution in [2.24, 2.45) is 0 Å². The van der Waals surface area contributed by atoms with Crippen LogP contribution in [-0.4, -0.2) is 16.9 Å². The lowest BCUT2D eigenvalue weighted by atomic mass is 9.87. The van der Waals surface area contributed by atoms with Crippen LogP contribution in [0.4, 0.5) is 0 Å². The van der Waals surface area contributed by atoms with Crippen molar-refractivity contribution in [3.05, 3.63) is 70.9 Å². The molecule has 2 N–H and O–H groups in total. The van der Waals surface area contributed by atoms with Crippen LogP contribution >= 0.6 is 0 Å². The van der Waals surface area contributed by atoms with Crippen LogP contribution in [0, 0.1) is 6.92 Å². The molecule has 136 valence electrons. The molecule has 3 aromatic rings. The molecule has 1 aromatic heterocycles. The van der Waals surface area contributed by atoms with Gasteiger partial charge in [0.25, 0.3) is 0 Å². The molecule has 0 aliphatic carbocycles. The van der Waals surface area contributed by atoms with Crippen LogP contribution in [0.2, 0.25) is 0 Å². The Kier molecular flexibility index (Phi) is 5.46. The third kappa shape index (κ3) is 3.82. The van der Waals surface area contributed by atoms with Gasteiger partial charge in [-0.3, -0.25) is 4.79 Å². The summed E-state index contributed by atoms with van der Waals surface area (Å²) < 4.78 is 0. The topological polar surface area (TPSA) is 44.9 Å². The molecule has 1 amide bonds. The van der Waals surface area contributed by atoms with E-state index >= 15 is 0 Å². The van der Waals surface area contributed by atoms with Gasteiger partial charge in [-0.15, -0.1) is 0 Å². The molecule has 3 heteroatoms. The molecule has 0 radical (unpaired) electrons. The number of H-pyrrole nitrogens is 1. The van der Waals surface area contributed by atoms with Crippen molar-refractivity contribution in [1.82, 2.24) is 10.3 Å². The van der Waals surface area contributed by atoms with Crippen molar-refractivity contribution in [2.75, 3.05) is 0 Å². The minimum atomic E-state index is 0.0366. The second kappa shape index (κ2) is 7.77. The van der Waals surface area contributed by atoms with Gasteiger partial charge >= 0.3 is 0 Å². The van der Waals surface area contributed by atoms with Gasteiger partial charge in [0.2, 0.25) is 5.91 Å². The van der Waals surface area contributed by atoms with Crippen molar-refractivity contribution in [2.45, 2.75) is 52.5 Å². The van der Waals surface area contributed by atoms with E-state index in [-0.39, 0.29) is 17.9 Å². The summed E-state index contributed by atoms with van der Waals surface area (Å²) in [5.74, 6) is 0.127. The zero-order chi connectivity index (χ0) is 18.7. The zero-order valence-electron chi connectivity index (χ0n) is 16.1. The van der Waals surface area contributed by atoms with Gasteiger partial charge in [0, 0.05) is 35.5 Å². The molecule has 0 unspecified atom stereocenters. The Morgan fingerprint density at radius 2 is 1.92 bits per heavy atom. The van der Waals surface area contributed by atoms with Crippen molar-refractivity contribution >= 4 is 16.8 Å². The number of carbonyl (C=O) groups excluding carboxylic acids is 1. The second-order valence-corrected chi connectivity index (χ2v) is 7.33. The molecule has 0 aliphatic rings. The third-order valence-corrected chi connectivity index (χ3v) is 4.87. The first-order valence-electron chi connectivity index (χ1n) is 9.44. The molecule has 0 saturated carbocycles. The highest BCUT2D eigenvalue weighted by Crippen LogP contribution is 2.34. The lowest BCUT2D eigenvalue weighted by Gasteiger charge is -2.19. The van der Waals surface area contributed by atoms with Gasteiger partial charge < -0.3 is 10.3 Å².